The van der Waals surface area contributed by atoms with Crippen LogP contribution in [0, 0.1) is 0 Å². The summed E-state index contributed by atoms with van der Waals surface area (Å²) in [5.74, 6) is -0.303. The SMILES string of the molecule is CCCN1CCC(=O)NCC1C(F)(F)F. The number of halogens is 3. The molecule has 1 unspecified atom stereocenters. The van der Waals surface area contributed by atoms with E-state index < -0.39 is 12.2 Å². The van der Waals surface area contributed by atoms with Crippen molar-refractivity contribution in [1.29, 1.82) is 0 Å². The molecule has 15 heavy (non-hydrogen) atoms. The van der Waals surface area contributed by atoms with E-state index in [4.69, 9.17) is 0 Å². The van der Waals surface area contributed by atoms with Gasteiger partial charge < -0.3 is 5.32 Å². The molecule has 0 bridgehead atoms. The normalized spacial score (nSPS) is 24.8. The number of rotatable bonds is 2. The Morgan fingerprint density at radius 1 is 1.53 bits per heavy atom. The average Bonchev–Trinajstić information content (AvgIpc) is 2.28. The lowest BCUT2D eigenvalue weighted by atomic mass is 10.2. The van der Waals surface area contributed by atoms with Crippen LogP contribution in [0.5, 0.6) is 0 Å². The van der Waals surface area contributed by atoms with Crippen LogP contribution in [0.15, 0.2) is 0 Å². The fourth-order valence-electron chi connectivity index (χ4n) is 1.71. The van der Waals surface area contributed by atoms with E-state index in [9.17, 15) is 18.0 Å². The highest BCUT2D eigenvalue weighted by molar-refractivity contribution is 5.76. The molecule has 1 heterocycles. The van der Waals surface area contributed by atoms with Gasteiger partial charge in [-0.1, -0.05) is 6.92 Å². The van der Waals surface area contributed by atoms with E-state index in [1.165, 1.54) is 4.90 Å². The van der Waals surface area contributed by atoms with Gasteiger partial charge in [-0.2, -0.15) is 13.2 Å². The Bertz CT molecular complexity index is 230. The summed E-state index contributed by atoms with van der Waals surface area (Å²) in [6.45, 7) is 2.05. The molecule has 1 atom stereocenters. The number of carbonyl (C=O) groups excluding carboxylic acids is 1. The molecule has 0 radical (unpaired) electrons. The molecule has 0 aromatic rings. The molecule has 1 fully saturated rings. The Labute approximate surface area is 86.6 Å². The molecule has 1 rings (SSSR count). The lowest BCUT2D eigenvalue weighted by molar-refractivity contribution is -0.180. The zero-order valence-electron chi connectivity index (χ0n) is 8.60. The van der Waals surface area contributed by atoms with Crippen molar-refractivity contribution >= 4 is 5.91 Å². The van der Waals surface area contributed by atoms with Crippen LogP contribution in [0.3, 0.4) is 0 Å². The van der Waals surface area contributed by atoms with E-state index >= 15 is 0 Å². The van der Waals surface area contributed by atoms with Crippen molar-refractivity contribution in [3.05, 3.63) is 0 Å². The van der Waals surface area contributed by atoms with Gasteiger partial charge in [-0.3, -0.25) is 9.69 Å². The highest BCUT2D eigenvalue weighted by atomic mass is 19.4. The molecule has 1 N–H and O–H groups in total. The Morgan fingerprint density at radius 2 is 2.20 bits per heavy atom. The first-order valence-corrected chi connectivity index (χ1v) is 5.02. The molecule has 0 saturated carbocycles. The number of alkyl halides is 3. The summed E-state index contributed by atoms with van der Waals surface area (Å²) in [4.78, 5) is 12.3. The van der Waals surface area contributed by atoms with Crippen LogP contribution in [0.2, 0.25) is 0 Å². The molecule has 0 spiro atoms. The van der Waals surface area contributed by atoms with E-state index in [2.05, 4.69) is 5.32 Å². The fraction of sp³-hybridized carbons (Fsp3) is 0.889. The first-order valence-electron chi connectivity index (χ1n) is 5.02. The second-order valence-corrected chi connectivity index (χ2v) is 3.65. The van der Waals surface area contributed by atoms with Gasteiger partial charge in [-0.25, -0.2) is 0 Å². The van der Waals surface area contributed by atoms with Crippen LogP contribution in [0.1, 0.15) is 19.8 Å². The molecule has 88 valence electrons. The van der Waals surface area contributed by atoms with Crippen molar-refractivity contribution < 1.29 is 18.0 Å². The number of nitrogens with zero attached hydrogens (tertiary/aromatic N) is 1. The van der Waals surface area contributed by atoms with Gasteiger partial charge in [0.25, 0.3) is 0 Å². The molecular formula is C9H15F3N2O. The summed E-state index contributed by atoms with van der Waals surface area (Å²) in [5.41, 5.74) is 0. The highest BCUT2D eigenvalue weighted by Crippen LogP contribution is 2.25. The van der Waals surface area contributed by atoms with Gasteiger partial charge in [-0.15, -0.1) is 0 Å². The first-order chi connectivity index (χ1) is 6.95. The topological polar surface area (TPSA) is 32.3 Å². The summed E-state index contributed by atoms with van der Waals surface area (Å²) in [6.07, 6.45) is -3.47. The van der Waals surface area contributed by atoms with Crippen molar-refractivity contribution in [2.75, 3.05) is 19.6 Å². The molecule has 6 heteroatoms. The smallest absolute Gasteiger partial charge is 0.354 e. The van der Waals surface area contributed by atoms with Crippen molar-refractivity contribution in [3.8, 4) is 0 Å². The minimum absolute atomic E-state index is 0.145. The summed E-state index contributed by atoms with van der Waals surface area (Å²) in [5, 5.41) is 2.29. The standard InChI is InChI=1S/C9H15F3N2O/c1-2-4-14-5-3-8(15)13-6-7(14)9(10,11)12/h7H,2-6H2,1H3,(H,13,15). The van der Waals surface area contributed by atoms with Gasteiger partial charge in [0, 0.05) is 19.5 Å². The molecule has 1 aliphatic heterocycles. The molecule has 0 aliphatic carbocycles. The summed E-state index contributed by atoms with van der Waals surface area (Å²) >= 11 is 0. The Hall–Kier alpha value is -0.780. The number of hydrogen-bond acceptors (Lipinski definition) is 2. The van der Waals surface area contributed by atoms with Gasteiger partial charge in [0.15, 0.2) is 0 Å². The fourth-order valence-corrected chi connectivity index (χ4v) is 1.71. The second-order valence-electron chi connectivity index (χ2n) is 3.65. The van der Waals surface area contributed by atoms with E-state index in [1.54, 1.807) is 0 Å². The number of carbonyl (C=O) groups is 1. The lowest BCUT2D eigenvalue weighted by Gasteiger charge is -2.30. The molecular weight excluding hydrogens is 209 g/mol. The maximum atomic E-state index is 12.6. The first kappa shape index (κ1) is 12.3. The quantitative estimate of drug-likeness (QED) is 0.763. The molecule has 1 amide bonds. The third kappa shape index (κ3) is 3.37. The predicted octanol–water partition coefficient (Wildman–Crippen LogP) is 1.15. The molecule has 0 aromatic carbocycles. The molecule has 1 aliphatic rings. The largest absolute Gasteiger partial charge is 0.405 e. The molecule has 1 saturated heterocycles. The van der Waals surface area contributed by atoms with Gasteiger partial charge in [0.1, 0.15) is 6.04 Å². The maximum absolute atomic E-state index is 12.6. The van der Waals surface area contributed by atoms with Crippen LogP contribution in [0.4, 0.5) is 13.2 Å². The minimum atomic E-state index is -4.27. The third-order valence-electron chi connectivity index (χ3n) is 2.45. The zero-order valence-corrected chi connectivity index (χ0v) is 8.60. The van der Waals surface area contributed by atoms with Crippen LogP contribution < -0.4 is 5.32 Å². The van der Waals surface area contributed by atoms with Crippen LogP contribution >= 0.6 is 0 Å². The van der Waals surface area contributed by atoms with E-state index in [1.807, 2.05) is 6.92 Å². The van der Waals surface area contributed by atoms with E-state index in [0.717, 1.165) is 0 Å². The average molecular weight is 224 g/mol. The van der Waals surface area contributed by atoms with Crippen molar-refractivity contribution in [2.24, 2.45) is 0 Å². The van der Waals surface area contributed by atoms with E-state index in [-0.39, 0.29) is 25.4 Å². The van der Waals surface area contributed by atoms with Crippen molar-refractivity contribution in [1.82, 2.24) is 10.2 Å². The summed E-state index contributed by atoms with van der Waals surface area (Å²) in [6, 6.07) is -1.54. The molecule has 3 nitrogen and oxygen atoms in total. The second kappa shape index (κ2) is 4.83. The highest BCUT2D eigenvalue weighted by Gasteiger charge is 2.44. The van der Waals surface area contributed by atoms with Crippen LogP contribution in [0.25, 0.3) is 0 Å². The number of hydrogen-bond donors (Lipinski definition) is 1. The van der Waals surface area contributed by atoms with Crippen molar-refractivity contribution in [3.63, 3.8) is 0 Å². The van der Waals surface area contributed by atoms with Crippen LogP contribution in [-0.2, 0) is 4.79 Å². The summed E-state index contributed by atoms with van der Waals surface area (Å²) < 4.78 is 37.9. The van der Waals surface area contributed by atoms with Gasteiger partial charge in [-0.05, 0) is 13.0 Å². The molecule has 0 aromatic heterocycles. The Morgan fingerprint density at radius 3 is 2.73 bits per heavy atom. The van der Waals surface area contributed by atoms with Gasteiger partial charge in [0.05, 0.1) is 0 Å². The van der Waals surface area contributed by atoms with E-state index in [0.29, 0.717) is 13.0 Å². The number of amides is 1. The van der Waals surface area contributed by atoms with Crippen LogP contribution in [-0.4, -0.2) is 42.7 Å². The predicted molar refractivity (Wildman–Crippen MR) is 49.3 cm³/mol. The Balaban J connectivity index is 2.73. The summed E-state index contributed by atoms with van der Waals surface area (Å²) in [7, 11) is 0. The van der Waals surface area contributed by atoms with Gasteiger partial charge >= 0.3 is 6.18 Å². The monoisotopic (exact) mass is 224 g/mol. The zero-order chi connectivity index (χ0) is 11.5. The third-order valence-corrected chi connectivity index (χ3v) is 2.45. The van der Waals surface area contributed by atoms with Crippen molar-refractivity contribution in [2.45, 2.75) is 32.0 Å². The minimum Gasteiger partial charge on any atom is -0.354 e. The van der Waals surface area contributed by atoms with Gasteiger partial charge in [0.2, 0.25) is 5.91 Å². The Kier molecular flexibility index (Phi) is 3.96. The lowest BCUT2D eigenvalue weighted by Crippen LogP contribution is -2.50. The number of nitrogens with one attached hydrogen (secondary N) is 1. The maximum Gasteiger partial charge on any atom is 0.405 e.